The Morgan fingerprint density at radius 3 is 2.56 bits per heavy atom. The monoisotopic (exact) mass is 273 g/mol. The Kier molecular flexibility index (Phi) is 6.73. The van der Waals surface area contributed by atoms with Crippen LogP contribution in [-0.2, 0) is 4.79 Å². The highest BCUT2D eigenvalue weighted by Gasteiger charge is 2.15. The number of phenols is 1. The number of aromatic hydroxyl groups is 1. The average Bonchev–Trinajstić information content (AvgIpc) is 2.29. The number of carbonyl (C=O) groups excluding carboxylic acids is 1. The van der Waals surface area contributed by atoms with E-state index in [9.17, 15) is 9.90 Å². The Hall–Kier alpha value is -1.26. The van der Waals surface area contributed by atoms with E-state index < -0.39 is 5.97 Å². The molecule has 0 heterocycles. The smallest absolute Gasteiger partial charge is 0.308 e. The lowest BCUT2D eigenvalue weighted by Crippen LogP contribution is -2.18. The number of phenolic OH excluding ortho intramolecular Hbond substituents is 1. The molecule has 1 aromatic carbocycles. The number of benzene rings is 1. The van der Waals surface area contributed by atoms with Crippen molar-refractivity contribution in [2.45, 2.75) is 33.2 Å². The van der Waals surface area contributed by atoms with Gasteiger partial charge in [0.1, 0.15) is 0 Å². The lowest BCUT2D eigenvalue weighted by molar-refractivity contribution is -0.132. The molecule has 0 aromatic heterocycles. The maximum absolute atomic E-state index is 10.8. The summed E-state index contributed by atoms with van der Waals surface area (Å²) in [5.41, 5.74) is 6.89. The maximum atomic E-state index is 10.8. The normalized spacial score (nSPS) is 13.3. The highest BCUT2D eigenvalue weighted by molar-refractivity contribution is 5.85. The molecule has 0 saturated carbocycles. The van der Waals surface area contributed by atoms with Crippen LogP contribution in [0.25, 0.3) is 0 Å². The van der Waals surface area contributed by atoms with Gasteiger partial charge in [0, 0.05) is 13.0 Å². The molecule has 0 amide bonds. The summed E-state index contributed by atoms with van der Waals surface area (Å²) in [6.45, 7) is 5.41. The van der Waals surface area contributed by atoms with Gasteiger partial charge < -0.3 is 15.6 Å². The molecule has 0 aliphatic rings. The summed E-state index contributed by atoms with van der Waals surface area (Å²) in [5.74, 6) is -0.0256. The SMILES string of the molecule is CCC(C)[C@@H](N)c1ccc(OC(C)=O)c(O)c1.Cl. The van der Waals surface area contributed by atoms with Crippen LogP contribution in [0.15, 0.2) is 18.2 Å². The Bertz CT molecular complexity index is 409. The van der Waals surface area contributed by atoms with Crippen LogP contribution >= 0.6 is 12.4 Å². The summed E-state index contributed by atoms with van der Waals surface area (Å²) >= 11 is 0. The van der Waals surface area contributed by atoms with Gasteiger partial charge in [-0.1, -0.05) is 26.3 Å². The van der Waals surface area contributed by atoms with Crippen molar-refractivity contribution in [1.82, 2.24) is 0 Å². The zero-order chi connectivity index (χ0) is 13.0. The molecule has 3 N–H and O–H groups in total. The fraction of sp³-hybridized carbons (Fsp3) is 0.462. The van der Waals surface area contributed by atoms with E-state index in [0.717, 1.165) is 12.0 Å². The number of ether oxygens (including phenoxy) is 1. The van der Waals surface area contributed by atoms with E-state index in [4.69, 9.17) is 10.5 Å². The third-order valence-electron chi connectivity index (χ3n) is 2.88. The Morgan fingerprint density at radius 1 is 1.50 bits per heavy atom. The fourth-order valence-corrected chi connectivity index (χ4v) is 1.57. The molecule has 0 radical (unpaired) electrons. The van der Waals surface area contributed by atoms with Gasteiger partial charge in [0.05, 0.1) is 0 Å². The van der Waals surface area contributed by atoms with E-state index in [1.54, 1.807) is 18.2 Å². The van der Waals surface area contributed by atoms with E-state index in [2.05, 4.69) is 13.8 Å². The highest BCUT2D eigenvalue weighted by atomic mass is 35.5. The van der Waals surface area contributed by atoms with Crippen molar-refractivity contribution in [2.75, 3.05) is 0 Å². The van der Waals surface area contributed by atoms with Crippen molar-refractivity contribution in [3.63, 3.8) is 0 Å². The predicted molar refractivity (Wildman–Crippen MR) is 73.0 cm³/mol. The Balaban J connectivity index is 0.00000289. The third kappa shape index (κ3) is 4.20. The predicted octanol–water partition coefficient (Wildman–Crippen LogP) is 2.79. The molecule has 0 saturated heterocycles. The molecule has 102 valence electrons. The van der Waals surface area contributed by atoms with Gasteiger partial charge in [-0.25, -0.2) is 0 Å². The van der Waals surface area contributed by atoms with Crippen molar-refractivity contribution in [1.29, 1.82) is 0 Å². The van der Waals surface area contributed by atoms with Gasteiger partial charge in [-0.15, -0.1) is 12.4 Å². The second-order valence-corrected chi connectivity index (χ2v) is 4.23. The minimum atomic E-state index is -0.459. The molecule has 0 aliphatic heterocycles. The summed E-state index contributed by atoms with van der Waals surface area (Å²) in [7, 11) is 0. The van der Waals surface area contributed by atoms with Gasteiger partial charge >= 0.3 is 5.97 Å². The number of rotatable bonds is 4. The Morgan fingerprint density at radius 2 is 2.11 bits per heavy atom. The summed E-state index contributed by atoms with van der Waals surface area (Å²) < 4.78 is 4.84. The zero-order valence-electron chi connectivity index (χ0n) is 10.8. The summed E-state index contributed by atoms with van der Waals surface area (Å²) in [6, 6.07) is 4.76. The van der Waals surface area contributed by atoms with Crippen molar-refractivity contribution in [2.24, 2.45) is 11.7 Å². The van der Waals surface area contributed by atoms with Crippen LogP contribution in [-0.4, -0.2) is 11.1 Å². The molecule has 18 heavy (non-hydrogen) atoms. The number of hydrogen-bond acceptors (Lipinski definition) is 4. The van der Waals surface area contributed by atoms with Gasteiger partial charge in [0.25, 0.3) is 0 Å². The number of hydrogen-bond donors (Lipinski definition) is 2. The van der Waals surface area contributed by atoms with Gasteiger partial charge in [-0.3, -0.25) is 4.79 Å². The topological polar surface area (TPSA) is 72.5 Å². The molecule has 4 nitrogen and oxygen atoms in total. The number of nitrogens with two attached hydrogens (primary N) is 1. The van der Waals surface area contributed by atoms with E-state index in [-0.39, 0.29) is 29.9 Å². The second-order valence-electron chi connectivity index (χ2n) is 4.23. The Labute approximate surface area is 114 Å². The lowest BCUT2D eigenvalue weighted by Gasteiger charge is -2.19. The summed E-state index contributed by atoms with van der Waals surface area (Å²) in [6.07, 6.45) is 0.966. The molecule has 1 unspecified atom stereocenters. The van der Waals surface area contributed by atoms with Gasteiger partial charge in [-0.2, -0.15) is 0 Å². The van der Waals surface area contributed by atoms with Crippen molar-refractivity contribution in [3.8, 4) is 11.5 Å². The highest BCUT2D eigenvalue weighted by Crippen LogP contribution is 2.31. The first-order valence-electron chi connectivity index (χ1n) is 5.72. The van der Waals surface area contributed by atoms with E-state index in [1.165, 1.54) is 6.92 Å². The molecule has 0 bridgehead atoms. The van der Waals surface area contributed by atoms with E-state index >= 15 is 0 Å². The van der Waals surface area contributed by atoms with Crippen LogP contribution in [0.3, 0.4) is 0 Å². The second kappa shape index (κ2) is 7.24. The largest absolute Gasteiger partial charge is 0.504 e. The zero-order valence-corrected chi connectivity index (χ0v) is 11.7. The maximum Gasteiger partial charge on any atom is 0.308 e. The summed E-state index contributed by atoms with van der Waals surface area (Å²) in [4.78, 5) is 10.8. The number of halogens is 1. The van der Waals surface area contributed by atoms with E-state index in [1.807, 2.05) is 0 Å². The number of esters is 1. The van der Waals surface area contributed by atoms with Gasteiger partial charge in [-0.05, 0) is 23.6 Å². The van der Waals surface area contributed by atoms with Crippen molar-refractivity contribution >= 4 is 18.4 Å². The van der Waals surface area contributed by atoms with Crippen LogP contribution in [0.2, 0.25) is 0 Å². The molecular weight excluding hydrogens is 254 g/mol. The van der Waals surface area contributed by atoms with Crippen LogP contribution < -0.4 is 10.5 Å². The molecule has 0 fully saturated rings. The van der Waals surface area contributed by atoms with Crippen LogP contribution in [0, 0.1) is 5.92 Å². The molecule has 0 aliphatic carbocycles. The first-order valence-corrected chi connectivity index (χ1v) is 5.72. The van der Waals surface area contributed by atoms with Crippen molar-refractivity contribution < 1.29 is 14.6 Å². The summed E-state index contributed by atoms with van der Waals surface area (Å²) in [5, 5.41) is 9.71. The fourth-order valence-electron chi connectivity index (χ4n) is 1.57. The number of carbonyl (C=O) groups is 1. The molecule has 1 rings (SSSR count). The average molecular weight is 274 g/mol. The van der Waals surface area contributed by atoms with Crippen LogP contribution in [0.1, 0.15) is 38.8 Å². The van der Waals surface area contributed by atoms with Crippen molar-refractivity contribution in [3.05, 3.63) is 23.8 Å². The minimum Gasteiger partial charge on any atom is -0.504 e. The van der Waals surface area contributed by atoms with E-state index in [0.29, 0.717) is 5.92 Å². The third-order valence-corrected chi connectivity index (χ3v) is 2.88. The lowest BCUT2D eigenvalue weighted by atomic mass is 9.93. The first kappa shape index (κ1) is 16.7. The quantitative estimate of drug-likeness (QED) is 0.654. The molecule has 5 heteroatoms. The van der Waals surface area contributed by atoms with Crippen LogP contribution in [0.4, 0.5) is 0 Å². The standard InChI is InChI=1S/C13H19NO3.ClH/c1-4-8(2)13(14)10-5-6-12(11(16)7-10)17-9(3)15;/h5-8,13,16H,4,14H2,1-3H3;1H/t8?,13-;/m1./s1. The molecular formula is C13H20ClNO3. The minimum absolute atomic E-state index is 0. The molecule has 1 aromatic rings. The first-order chi connectivity index (χ1) is 7.95. The van der Waals surface area contributed by atoms with Gasteiger partial charge in [0.2, 0.25) is 0 Å². The molecule has 0 spiro atoms. The van der Waals surface area contributed by atoms with Gasteiger partial charge in [0.15, 0.2) is 11.5 Å². The molecule has 2 atom stereocenters. The van der Waals surface area contributed by atoms with Crippen LogP contribution in [0.5, 0.6) is 11.5 Å².